The molecular formula is C13H15ClN2O. The predicted molar refractivity (Wildman–Crippen MR) is 70.1 cm³/mol. The molecule has 0 atom stereocenters. The first-order chi connectivity index (χ1) is 7.74. The van der Waals surface area contributed by atoms with Gasteiger partial charge in [0.15, 0.2) is 0 Å². The second kappa shape index (κ2) is 6.11. The van der Waals surface area contributed by atoms with Crippen LogP contribution < -0.4 is 5.73 Å². The van der Waals surface area contributed by atoms with E-state index in [2.05, 4.69) is 4.57 Å². The van der Waals surface area contributed by atoms with Crippen molar-refractivity contribution in [3.05, 3.63) is 59.9 Å². The molecule has 2 aromatic rings. The Hall–Kier alpha value is -1.74. The van der Waals surface area contributed by atoms with Gasteiger partial charge in [0.25, 0.3) is 0 Å². The van der Waals surface area contributed by atoms with E-state index >= 15 is 0 Å². The molecule has 2 N–H and O–H groups in total. The van der Waals surface area contributed by atoms with Gasteiger partial charge < -0.3 is 10.3 Å². The maximum absolute atomic E-state index is 10.7. The molecule has 0 fully saturated rings. The van der Waals surface area contributed by atoms with Gasteiger partial charge in [-0.2, -0.15) is 0 Å². The zero-order chi connectivity index (χ0) is 11.4. The number of benzene rings is 1. The molecule has 1 aromatic carbocycles. The van der Waals surface area contributed by atoms with Crippen LogP contribution in [0.3, 0.4) is 0 Å². The van der Waals surface area contributed by atoms with Crippen molar-refractivity contribution in [1.29, 1.82) is 0 Å². The minimum atomic E-state index is -0.293. The van der Waals surface area contributed by atoms with E-state index < -0.39 is 0 Å². The molecule has 0 saturated heterocycles. The van der Waals surface area contributed by atoms with Crippen molar-refractivity contribution in [1.82, 2.24) is 4.57 Å². The molecule has 0 saturated carbocycles. The number of primary amides is 1. The molecule has 0 aliphatic carbocycles. The Labute approximate surface area is 107 Å². The van der Waals surface area contributed by atoms with Crippen LogP contribution >= 0.6 is 12.4 Å². The lowest BCUT2D eigenvalue weighted by Gasteiger charge is -2.04. The second-order valence-corrected chi connectivity index (χ2v) is 3.81. The van der Waals surface area contributed by atoms with Crippen molar-refractivity contribution in [3.63, 3.8) is 0 Å². The van der Waals surface area contributed by atoms with Crippen molar-refractivity contribution in [2.24, 2.45) is 5.73 Å². The van der Waals surface area contributed by atoms with Crippen LogP contribution in [0.25, 0.3) is 0 Å². The van der Waals surface area contributed by atoms with E-state index in [4.69, 9.17) is 5.73 Å². The highest BCUT2D eigenvalue weighted by atomic mass is 35.5. The van der Waals surface area contributed by atoms with Crippen LogP contribution in [0.1, 0.15) is 11.1 Å². The van der Waals surface area contributed by atoms with Crippen molar-refractivity contribution < 1.29 is 4.79 Å². The molecule has 0 radical (unpaired) electrons. The van der Waals surface area contributed by atoms with E-state index in [0.717, 1.165) is 12.1 Å². The normalized spacial score (nSPS) is 9.65. The maximum atomic E-state index is 10.7. The largest absolute Gasteiger partial charge is 0.369 e. The highest BCUT2D eigenvalue weighted by Crippen LogP contribution is 2.07. The second-order valence-electron chi connectivity index (χ2n) is 3.81. The van der Waals surface area contributed by atoms with E-state index in [-0.39, 0.29) is 18.3 Å². The first-order valence-corrected chi connectivity index (χ1v) is 5.21. The number of hydrogen-bond acceptors (Lipinski definition) is 1. The van der Waals surface area contributed by atoms with Crippen LogP contribution in [0, 0.1) is 0 Å². The monoisotopic (exact) mass is 250 g/mol. The molecule has 0 unspecified atom stereocenters. The summed E-state index contributed by atoms with van der Waals surface area (Å²) in [7, 11) is 0. The molecule has 4 heteroatoms. The summed E-state index contributed by atoms with van der Waals surface area (Å²) in [6.45, 7) is 0.851. The lowest BCUT2D eigenvalue weighted by atomic mass is 10.1. The number of carbonyl (C=O) groups excluding carboxylic acids is 1. The lowest BCUT2D eigenvalue weighted by Crippen LogP contribution is -2.13. The van der Waals surface area contributed by atoms with Gasteiger partial charge in [0, 0.05) is 18.9 Å². The molecule has 0 aliphatic heterocycles. The zero-order valence-electron chi connectivity index (χ0n) is 9.37. The van der Waals surface area contributed by atoms with Crippen LogP contribution in [0.5, 0.6) is 0 Å². The van der Waals surface area contributed by atoms with Gasteiger partial charge in [-0.15, -0.1) is 12.4 Å². The van der Waals surface area contributed by atoms with E-state index in [1.807, 2.05) is 48.8 Å². The number of aromatic nitrogens is 1. The lowest BCUT2D eigenvalue weighted by molar-refractivity contribution is -0.117. The molecule has 0 bridgehead atoms. The van der Waals surface area contributed by atoms with Crippen LogP contribution in [-0.4, -0.2) is 10.5 Å². The third-order valence-electron chi connectivity index (χ3n) is 2.43. The maximum Gasteiger partial charge on any atom is 0.221 e. The van der Waals surface area contributed by atoms with Crippen LogP contribution in [0.4, 0.5) is 0 Å². The van der Waals surface area contributed by atoms with Gasteiger partial charge in [0.05, 0.1) is 6.42 Å². The third-order valence-corrected chi connectivity index (χ3v) is 2.43. The summed E-state index contributed by atoms with van der Waals surface area (Å²) in [6, 6.07) is 12.0. The number of nitrogens with two attached hydrogens (primary N) is 1. The quantitative estimate of drug-likeness (QED) is 0.886. The minimum Gasteiger partial charge on any atom is -0.369 e. The Balaban J connectivity index is 0.00000144. The minimum absolute atomic E-state index is 0. The van der Waals surface area contributed by atoms with E-state index in [0.29, 0.717) is 6.42 Å². The molecule has 1 heterocycles. The predicted octanol–water partition coefficient (Wildman–Crippen LogP) is 1.99. The summed E-state index contributed by atoms with van der Waals surface area (Å²) in [4.78, 5) is 10.7. The highest BCUT2D eigenvalue weighted by Gasteiger charge is 1.99. The fraction of sp³-hybridized carbons (Fsp3) is 0.154. The molecular weight excluding hydrogens is 236 g/mol. The van der Waals surface area contributed by atoms with E-state index in [1.54, 1.807) is 0 Å². The summed E-state index contributed by atoms with van der Waals surface area (Å²) >= 11 is 0. The Morgan fingerprint density at radius 3 is 2.12 bits per heavy atom. The van der Waals surface area contributed by atoms with Crippen molar-refractivity contribution in [3.8, 4) is 0 Å². The van der Waals surface area contributed by atoms with Gasteiger partial charge in [0.2, 0.25) is 5.91 Å². The van der Waals surface area contributed by atoms with Gasteiger partial charge in [0.1, 0.15) is 0 Å². The Morgan fingerprint density at radius 2 is 1.59 bits per heavy atom. The van der Waals surface area contributed by atoms with Gasteiger partial charge >= 0.3 is 0 Å². The first kappa shape index (κ1) is 13.3. The average molecular weight is 251 g/mol. The number of hydrogen-bond donors (Lipinski definition) is 1. The number of carbonyl (C=O) groups is 1. The highest BCUT2D eigenvalue weighted by molar-refractivity contribution is 5.85. The summed E-state index contributed by atoms with van der Waals surface area (Å²) in [6.07, 6.45) is 4.36. The average Bonchev–Trinajstić information content (AvgIpc) is 2.73. The van der Waals surface area contributed by atoms with Gasteiger partial charge in [-0.1, -0.05) is 24.3 Å². The topological polar surface area (TPSA) is 48.0 Å². The Morgan fingerprint density at radius 1 is 1.06 bits per heavy atom. The first-order valence-electron chi connectivity index (χ1n) is 5.21. The van der Waals surface area contributed by atoms with Gasteiger partial charge in [-0.3, -0.25) is 4.79 Å². The molecule has 3 nitrogen and oxygen atoms in total. The summed E-state index contributed by atoms with van der Waals surface area (Å²) in [5, 5.41) is 0. The third kappa shape index (κ3) is 3.96. The summed E-state index contributed by atoms with van der Waals surface area (Å²) < 4.78 is 2.10. The molecule has 2 rings (SSSR count). The molecule has 0 aliphatic rings. The molecule has 1 amide bonds. The number of amides is 1. The van der Waals surface area contributed by atoms with Crippen LogP contribution in [0.15, 0.2) is 48.8 Å². The van der Waals surface area contributed by atoms with Crippen molar-refractivity contribution in [2.45, 2.75) is 13.0 Å². The molecule has 17 heavy (non-hydrogen) atoms. The smallest absolute Gasteiger partial charge is 0.221 e. The number of halogens is 1. The molecule has 1 aromatic heterocycles. The molecule has 0 spiro atoms. The summed E-state index contributed by atoms with van der Waals surface area (Å²) in [5.41, 5.74) is 7.30. The Bertz CT molecular complexity index is 463. The van der Waals surface area contributed by atoms with Gasteiger partial charge in [-0.25, -0.2) is 0 Å². The van der Waals surface area contributed by atoms with Crippen LogP contribution in [-0.2, 0) is 17.8 Å². The van der Waals surface area contributed by atoms with E-state index in [9.17, 15) is 4.79 Å². The fourth-order valence-corrected chi connectivity index (χ4v) is 1.65. The van der Waals surface area contributed by atoms with E-state index in [1.165, 1.54) is 5.56 Å². The number of nitrogens with zero attached hydrogens (tertiary/aromatic N) is 1. The molecule has 90 valence electrons. The van der Waals surface area contributed by atoms with Crippen LogP contribution in [0.2, 0.25) is 0 Å². The Kier molecular flexibility index (Phi) is 4.79. The van der Waals surface area contributed by atoms with Crippen molar-refractivity contribution in [2.75, 3.05) is 0 Å². The zero-order valence-corrected chi connectivity index (χ0v) is 10.2. The van der Waals surface area contributed by atoms with Gasteiger partial charge in [-0.05, 0) is 23.3 Å². The summed E-state index contributed by atoms with van der Waals surface area (Å²) in [5.74, 6) is -0.293. The SMILES string of the molecule is Cl.NC(=O)Cc1ccc(Cn2cccc2)cc1. The standard InChI is InChI=1S/C13H14N2O.ClH/c14-13(16)9-11-3-5-12(6-4-11)10-15-7-1-2-8-15;/h1-8H,9-10H2,(H2,14,16);1H. The van der Waals surface area contributed by atoms with Crippen molar-refractivity contribution >= 4 is 18.3 Å². The number of rotatable bonds is 4. The fourth-order valence-electron chi connectivity index (χ4n) is 1.65.